The van der Waals surface area contributed by atoms with Crippen LogP contribution in [0.15, 0.2) is 12.1 Å². The van der Waals surface area contributed by atoms with Crippen LogP contribution in [0.5, 0.6) is 5.75 Å². The van der Waals surface area contributed by atoms with Crippen molar-refractivity contribution in [2.24, 2.45) is 5.73 Å². The van der Waals surface area contributed by atoms with Crippen LogP contribution in [-0.4, -0.2) is 19.7 Å². The third-order valence-corrected chi connectivity index (χ3v) is 2.80. The second-order valence-corrected chi connectivity index (χ2v) is 4.40. The van der Waals surface area contributed by atoms with Crippen molar-refractivity contribution < 1.29 is 4.74 Å². The highest BCUT2D eigenvalue weighted by Gasteiger charge is 2.06. The zero-order valence-corrected chi connectivity index (χ0v) is 10.8. The minimum absolute atomic E-state index is 0.201. The molecule has 3 N–H and O–H groups in total. The summed E-state index contributed by atoms with van der Waals surface area (Å²) in [4.78, 5) is 0. The maximum atomic E-state index is 6.02. The van der Waals surface area contributed by atoms with Crippen LogP contribution in [0, 0.1) is 6.92 Å². The Morgan fingerprint density at radius 2 is 2.19 bits per heavy atom. The average molecular weight is 243 g/mol. The van der Waals surface area contributed by atoms with E-state index in [2.05, 4.69) is 5.32 Å². The van der Waals surface area contributed by atoms with Gasteiger partial charge in [-0.3, -0.25) is 0 Å². The molecular formula is C12H19ClN2O. The molecule has 0 bridgehead atoms. The predicted molar refractivity (Wildman–Crippen MR) is 69.5 cm³/mol. The summed E-state index contributed by atoms with van der Waals surface area (Å²) >= 11 is 6.02. The molecule has 0 spiro atoms. The molecule has 0 radical (unpaired) electrons. The highest BCUT2D eigenvalue weighted by Crippen LogP contribution is 2.30. The number of nitrogens with one attached hydrogen (secondary N) is 1. The van der Waals surface area contributed by atoms with Gasteiger partial charge >= 0.3 is 0 Å². The van der Waals surface area contributed by atoms with Gasteiger partial charge in [-0.05, 0) is 31.9 Å². The monoisotopic (exact) mass is 242 g/mol. The molecule has 0 fully saturated rings. The molecule has 4 heteroatoms. The molecule has 0 aliphatic rings. The fraction of sp³-hybridized carbons (Fsp3) is 0.500. The van der Waals surface area contributed by atoms with Crippen LogP contribution in [0.25, 0.3) is 0 Å². The summed E-state index contributed by atoms with van der Waals surface area (Å²) in [7, 11) is 1.64. The highest BCUT2D eigenvalue weighted by molar-refractivity contribution is 6.31. The third kappa shape index (κ3) is 3.58. The van der Waals surface area contributed by atoms with Crippen LogP contribution < -0.4 is 15.8 Å². The fourth-order valence-corrected chi connectivity index (χ4v) is 1.56. The smallest absolute Gasteiger partial charge is 0.143 e. The second kappa shape index (κ2) is 5.97. The first kappa shape index (κ1) is 13.1. The molecule has 1 aromatic carbocycles. The minimum Gasteiger partial charge on any atom is -0.495 e. The van der Waals surface area contributed by atoms with Crippen LogP contribution in [0.2, 0.25) is 5.02 Å². The quantitative estimate of drug-likeness (QED) is 0.835. The number of aryl methyl sites for hydroxylation is 1. The lowest BCUT2D eigenvalue weighted by Gasteiger charge is -2.13. The first-order chi connectivity index (χ1) is 7.54. The lowest BCUT2D eigenvalue weighted by atomic mass is 10.2. The summed E-state index contributed by atoms with van der Waals surface area (Å²) in [6, 6.07) is 4.01. The van der Waals surface area contributed by atoms with Crippen LogP contribution >= 0.6 is 11.6 Å². The summed E-state index contributed by atoms with van der Waals surface area (Å²) in [6.45, 7) is 4.79. The van der Waals surface area contributed by atoms with Gasteiger partial charge in [0.25, 0.3) is 0 Å². The Kier molecular flexibility index (Phi) is 4.90. The third-order valence-electron chi connectivity index (χ3n) is 2.40. The van der Waals surface area contributed by atoms with E-state index >= 15 is 0 Å². The van der Waals surface area contributed by atoms with Gasteiger partial charge in [0.05, 0.1) is 12.8 Å². The maximum Gasteiger partial charge on any atom is 0.143 e. The largest absolute Gasteiger partial charge is 0.495 e. The number of nitrogens with two attached hydrogens (primary N) is 1. The van der Waals surface area contributed by atoms with Crippen molar-refractivity contribution in [2.45, 2.75) is 26.3 Å². The van der Waals surface area contributed by atoms with Crippen molar-refractivity contribution in [2.75, 3.05) is 19.0 Å². The summed E-state index contributed by atoms with van der Waals surface area (Å²) in [6.07, 6.45) is 0.921. The Morgan fingerprint density at radius 1 is 1.50 bits per heavy atom. The van der Waals surface area contributed by atoms with E-state index < -0.39 is 0 Å². The Balaban J connectivity index is 2.74. The number of anilines is 1. The molecule has 0 aliphatic heterocycles. The Bertz CT molecular complexity index is 353. The summed E-state index contributed by atoms with van der Waals surface area (Å²) in [5.74, 6) is 0.764. The van der Waals surface area contributed by atoms with Crippen LogP contribution in [0.4, 0.5) is 5.69 Å². The molecule has 1 unspecified atom stereocenters. The lowest BCUT2D eigenvalue weighted by molar-refractivity contribution is 0.416. The highest BCUT2D eigenvalue weighted by atomic mass is 35.5. The van der Waals surface area contributed by atoms with Gasteiger partial charge in [0, 0.05) is 23.7 Å². The zero-order chi connectivity index (χ0) is 12.1. The van der Waals surface area contributed by atoms with Gasteiger partial charge < -0.3 is 15.8 Å². The normalized spacial score (nSPS) is 12.3. The fourth-order valence-electron chi connectivity index (χ4n) is 1.40. The lowest BCUT2D eigenvalue weighted by Crippen LogP contribution is -2.19. The van der Waals surface area contributed by atoms with Crippen molar-refractivity contribution in [3.8, 4) is 5.75 Å². The molecular weight excluding hydrogens is 224 g/mol. The minimum atomic E-state index is 0.201. The van der Waals surface area contributed by atoms with Gasteiger partial charge in [0.15, 0.2) is 0 Å². The first-order valence-corrected chi connectivity index (χ1v) is 5.76. The molecule has 0 amide bonds. The molecule has 0 saturated carbocycles. The average Bonchev–Trinajstić information content (AvgIpc) is 2.22. The summed E-state index contributed by atoms with van der Waals surface area (Å²) < 4.78 is 5.26. The molecule has 0 aliphatic carbocycles. The number of hydrogen-bond donors (Lipinski definition) is 2. The Hall–Kier alpha value is -0.930. The maximum absolute atomic E-state index is 6.02. The summed E-state index contributed by atoms with van der Waals surface area (Å²) in [5, 5.41) is 4.02. The van der Waals surface area contributed by atoms with Gasteiger partial charge in [0.1, 0.15) is 5.75 Å². The number of ether oxygens (including phenoxy) is 1. The number of benzene rings is 1. The van der Waals surface area contributed by atoms with Gasteiger partial charge in [-0.15, -0.1) is 0 Å². The van der Waals surface area contributed by atoms with Gasteiger partial charge in [0.2, 0.25) is 0 Å². The zero-order valence-electron chi connectivity index (χ0n) is 10.0. The van der Waals surface area contributed by atoms with E-state index in [1.807, 2.05) is 26.0 Å². The van der Waals surface area contributed by atoms with E-state index in [9.17, 15) is 0 Å². The standard InChI is InChI=1S/C12H19ClN2O/c1-8-6-11(15-5-4-9(2)14)12(16-3)7-10(8)13/h6-7,9,15H,4-5,14H2,1-3H3. The van der Waals surface area contributed by atoms with Crippen molar-refractivity contribution >= 4 is 17.3 Å². The molecule has 1 atom stereocenters. The first-order valence-electron chi connectivity index (χ1n) is 5.38. The van der Waals surface area contributed by atoms with Crippen LogP contribution in [0.1, 0.15) is 18.9 Å². The Morgan fingerprint density at radius 3 is 2.75 bits per heavy atom. The molecule has 1 rings (SSSR count). The second-order valence-electron chi connectivity index (χ2n) is 3.99. The van der Waals surface area contributed by atoms with E-state index in [0.717, 1.165) is 35.0 Å². The number of rotatable bonds is 5. The number of halogens is 1. The van der Waals surface area contributed by atoms with Crippen molar-refractivity contribution in [3.63, 3.8) is 0 Å². The summed E-state index contributed by atoms with van der Waals surface area (Å²) in [5.41, 5.74) is 7.68. The molecule has 0 aromatic heterocycles. The number of hydrogen-bond acceptors (Lipinski definition) is 3. The van der Waals surface area contributed by atoms with Crippen molar-refractivity contribution in [1.29, 1.82) is 0 Å². The predicted octanol–water partition coefficient (Wildman–Crippen LogP) is 2.81. The SMILES string of the molecule is COc1cc(Cl)c(C)cc1NCCC(C)N. The van der Waals surface area contributed by atoms with E-state index in [-0.39, 0.29) is 6.04 Å². The molecule has 3 nitrogen and oxygen atoms in total. The van der Waals surface area contributed by atoms with Gasteiger partial charge in [-0.25, -0.2) is 0 Å². The van der Waals surface area contributed by atoms with E-state index in [0.29, 0.717) is 0 Å². The van der Waals surface area contributed by atoms with Crippen molar-refractivity contribution in [3.05, 3.63) is 22.7 Å². The van der Waals surface area contributed by atoms with Gasteiger partial charge in [-0.2, -0.15) is 0 Å². The van der Waals surface area contributed by atoms with Crippen molar-refractivity contribution in [1.82, 2.24) is 0 Å². The van der Waals surface area contributed by atoms with Gasteiger partial charge in [-0.1, -0.05) is 11.6 Å². The van der Waals surface area contributed by atoms with E-state index in [1.54, 1.807) is 7.11 Å². The number of methoxy groups -OCH3 is 1. The van der Waals surface area contributed by atoms with Crippen LogP contribution in [0.3, 0.4) is 0 Å². The Labute approximate surface area is 102 Å². The molecule has 16 heavy (non-hydrogen) atoms. The molecule has 0 heterocycles. The van der Waals surface area contributed by atoms with Crippen LogP contribution in [-0.2, 0) is 0 Å². The van der Waals surface area contributed by atoms with E-state index in [4.69, 9.17) is 22.1 Å². The van der Waals surface area contributed by atoms with E-state index in [1.165, 1.54) is 0 Å². The molecule has 0 saturated heterocycles. The molecule has 90 valence electrons. The topological polar surface area (TPSA) is 47.3 Å². The molecule has 1 aromatic rings.